The molecular formula is C25H31ClF3N3O4S. The fourth-order valence-electron chi connectivity index (χ4n) is 3.75. The van der Waals surface area contributed by atoms with Crippen LogP contribution in [-0.4, -0.2) is 56.6 Å². The van der Waals surface area contributed by atoms with E-state index in [9.17, 15) is 31.2 Å². The first-order valence-corrected chi connectivity index (χ1v) is 13.9. The summed E-state index contributed by atoms with van der Waals surface area (Å²) in [6.45, 7) is 4.50. The fourth-order valence-corrected chi connectivity index (χ4v) is 4.87. The minimum atomic E-state index is -4.75. The van der Waals surface area contributed by atoms with E-state index in [0.29, 0.717) is 16.8 Å². The number of alkyl halides is 3. The fraction of sp³-hybridized carbons (Fsp3) is 0.440. The minimum Gasteiger partial charge on any atom is -0.352 e. The quantitative estimate of drug-likeness (QED) is 0.438. The first-order chi connectivity index (χ1) is 17.1. The average molecular weight is 562 g/mol. The molecule has 2 rings (SSSR count). The van der Waals surface area contributed by atoms with Crippen molar-refractivity contribution >= 4 is 39.1 Å². The number of anilines is 1. The Labute approximate surface area is 220 Å². The summed E-state index contributed by atoms with van der Waals surface area (Å²) in [6.07, 6.45) is -3.37. The summed E-state index contributed by atoms with van der Waals surface area (Å²) < 4.78 is 65.8. The third-order valence-corrected chi connectivity index (χ3v) is 6.97. The molecule has 2 aromatic carbocycles. The molecule has 12 heteroatoms. The summed E-state index contributed by atoms with van der Waals surface area (Å²) in [6, 6.07) is 10.3. The number of rotatable bonds is 11. The zero-order valence-corrected chi connectivity index (χ0v) is 22.6. The number of halogens is 4. The van der Waals surface area contributed by atoms with Crippen LogP contribution in [0.5, 0.6) is 0 Å². The van der Waals surface area contributed by atoms with Gasteiger partial charge in [0.05, 0.1) is 22.5 Å². The van der Waals surface area contributed by atoms with Crippen molar-refractivity contribution in [3.8, 4) is 0 Å². The molecule has 0 bridgehead atoms. The molecule has 0 fully saturated rings. The number of sulfonamides is 1. The summed E-state index contributed by atoms with van der Waals surface area (Å²) in [5.41, 5.74) is -0.702. The monoisotopic (exact) mass is 561 g/mol. The van der Waals surface area contributed by atoms with Crippen molar-refractivity contribution in [1.29, 1.82) is 0 Å². The van der Waals surface area contributed by atoms with E-state index in [4.69, 9.17) is 11.6 Å². The smallest absolute Gasteiger partial charge is 0.352 e. The van der Waals surface area contributed by atoms with Gasteiger partial charge >= 0.3 is 6.18 Å². The van der Waals surface area contributed by atoms with Crippen LogP contribution in [0.3, 0.4) is 0 Å². The van der Waals surface area contributed by atoms with Crippen LogP contribution >= 0.6 is 11.6 Å². The van der Waals surface area contributed by atoms with Gasteiger partial charge in [-0.3, -0.25) is 13.9 Å². The van der Waals surface area contributed by atoms with Gasteiger partial charge in [0.2, 0.25) is 21.8 Å². The van der Waals surface area contributed by atoms with Crippen LogP contribution in [0.1, 0.15) is 38.3 Å². The summed E-state index contributed by atoms with van der Waals surface area (Å²) in [5.74, 6) is -1.16. The number of hydrogen-bond acceptors (Lipinski definition) is 4. The molecule has 0 unspecified atom stereocenters. The molecule has 1 atom stereocenters. The van der Waals surface area contributed by atoms with Crippen LogP contribution in [0.2, 0.25) is 5.02 Å². The van der Waals surface area contributed by atoms with E-state index in [2.05, 4.69) is 5.32 Å². The van der Waals surface area contributed by atoms with E-state index in [1.165, 1.54) is 4.90 Å². The van der Waals surface area contributed by atoms with E-state index in [1.54, 1.807) is 20.8 Å². The molecular weight excluding hydrogens is 531 g/mol. The molecule has 0 saturated carbocycles. The van der Waals surface area contributed by atoms with Crippen molar-refractivity contribution in [3.63, 3.8) is 0 Å². The van der Waals surface area contributed by atoms with Gasteiger partial charge in [0.15, 0.2) is 0 Å². The highest BCUT2D eigenvalue weighted by Gasteiger charge is 2.35. The van der Waals surface area contributed by atoms with E-state index >= 15 is 0 Å². The minimum absolute atomic E-state index is 0.0841. The number of carbonyl (C=O) groups excluding carboxylic acids is 2. The maximum atomic E-state index is 13.6. The molecule has 0 aliphatic rings. The van der Waals surface area contributed by atoms with Crippen molar-refractivity contribution in [3.05, 3.63) is 64.7 Å². The van der Waals surface area contributed by atoms with Gasteiger partial charge in [0, 0.05) is 12.6 Å². The van der Waals surface area contributed by atoms with Crippen molar-refractivity contribution in [2.75, 3.05) is 23.7 Å². The number of carbonyl (C=O) groups is 2. The molecule has 2 aromatic rings. The van der Waals surface area contributed by atoms with Gasteiger partial charge in [-0.1, -0.05) is 48.9 Å². The number of nitrogens with zero attached hydrogens (tertiary/aromatic N) is 2. The highest BCUT2D eigenvalue weighted by atomic mass is 35.5. The van der Waals surface area contributed by atoms with Crippen LogP contribution in [0, 0.1) is 0 Å². The van der Waals surface area contributed by atoms with Gasteiger partial charge in [-0.05, 0) is 50.5 Å². The SMILES string of the molecule is CC[C@H](C(=O)NC(C)C)N(CCc1ccccc1)C(=O)CN(c1cc(C(F)(F)F)ccc1Cl)S(C)(=O)=O. The summed E-state index contributed by atoms with van der Waals surface area (Å²) in [4.78, 5) is 27.7. The Kier molecular flexibility index (Phi) is 10.4. The molecule has 0 saturated heterocycles. The van der Waals surface area contributed by atoms with Gasteiger partial charge in [-0.25, -0.2) is 8.42 Å². The Morgan fingerprint density at radius 1 is 1.08 bits per heavy atom. The Morgan fingerprint density at radius 3 is 2.22 bits per heavy atom. The van der Waals surface area contributed by atoms with E-state index < -0.39 is 51.9 Å². The molecule has 0 aliphatic heterocycles. The predicted molar refractivity (Wildman–Crippen MR) is 138 cm³/mol. The predicted octanol–water partition coefficient (Wildman–Crippen LogP) is 4.50. The molecule has 7 nitrogen and oxygen atoms in total. The maximum Gasteiger partial charge on any atom is 0.416 e. The number of hydrogen-bond donors (Lipinski definition) is 1. The first kappa shape index (κ1) is 30.4. The van der Waals surface area contributed by atoms with Gasteiger partial charge in [-0.2, -0.15) is 13.2 Å². The normalized spacial score (nSPS) is 12.8. The average Bonchev–Trinajstić information content (AvgIpc) is 2.79. The van der Waals surface area contributed by atoms with Crippen LogP contribution < -0.4 is 9.62 Å². The molecule has 204 valence electrons. The number of benzene rings is 2. The van der Waals surface area contributed by atoms with Gasteiger partial charge in [0.25, 0.3) is 0 Å². The Bertz CT molecular complexity index is 1190. The molecule has 37 heavy (non-hydrogen) atoms. The van der Waals surface area contributed by atoms with E-state index in [0.717, 1.165) is 24.0 Å². The first-order valence-electron chi connectivity index (χ1n) is 11.6. The van der Waals surface area contributed by atoms with Gasteiger partial charge < -0.3 is 10.2 Å². The van der Waals surface area contributed by atoms with Gasteiger partial charge in [-0.15, -0.1) is 0 Å². The standard InChI is InChI=1S/C25H31ClF3N3O4S/c1-5-21(24(34)30-17(2)3)31(14-13-18-9-7-6-8-10-18)23(33)16-32(37(4,35)36)22-15-19(25(27,28)29)11-12-20(22)26/h6-12,15,17,21H,5,13-14,16H2,1-4H3,(H,30,34)/t21-/m1/s1. The van der Waals surface area contributed by atoms with Crippen molar-refractivity contribution in [2.24, 2.45) is 0 Å². The molecule has 0 spiro atoms. The Hall–Kier alpha value is -2.79. The summed E-state index contributed by atoms with van der Waals surface area (Å²) in [7, 11) is -4.24. The van der Waals surface area contributed by atoms with Crippen molar-refractivity contribution in [2.45, 2.75) is 51.9 Å². The third-order valence-electron chi connectivity index (χ3n) is 5.52. The topological polar surface area (TPSA) is 86.8 Å². The zero-order chi connectivity index (χ0) is 28.0. The summed E-state index contributed by atoms with van der Waals surface area (Å²) in [5, 5.41) is 2.49. The van der Waals surface area contributed by atoms with Crippen LogP contribution in [0.4, 0.5) is 18.9 Å². The lowest BCUT2D eigenvalue weighted by Crippen LogP contribution is -2.54. The molecule has 0 heterocycles. The van der Waals surface area contributed by atoms with Gasteiger partial charge in [0.1, 0.15) is 12.6 Å². The lowest BCUT2D eigenvalue weighted by molar-refractivity contribution is -0.139. The van der Waals surface area contributed by atoms with Crippen molar-refractivity contribution in [1.82, 2.24) is 10.2 Å². The molecule has 2 amide bonds. The molecule has 0 aromatic heterocycles. The number of nitrogens with one attached hydrogen (secondary N) is 1. The maximum absolute atomic E-state index is 13.6. The van der Waals surface area contributed by atoms with E-state index in [-0.39, 0.29) is 24.0 Å². The second kappa shape index (κ2) is 12.6. The third kappa shape index (κ3) is 8.63. The Balaban J connectivity index is 2.47. The highest BCUT2D eigenvalue weighted by molar-refractivity contribution is 7.92. The lowest BCUT2D eigenvalue weighted by atomic mass is 10.1. The Morgan fingerprint density at radius 2 is 1.70 bits per heavy atom. The van der Waals surface area contributed by atoms with Crippen molar-refractivity contribution < 1.29 is 31.2 Å². The second-order valence-corrected chi connectivity index (χ2v) is 11.2. The molecule has 0 aliphatic carbocycles. The zero-order valence-electron chi connectivity index (χ0n) is 21.0. The van der Waals surface area contributed by atoms with E-state index in [1.807, 2.05) is 30.3 Å². The highest BCUT2D eigenvalue weighted by Crippen LogP contribution is 2.36. The lowest BCUT2D eigenvalue weighted by Gasteiger charge is -2.33. The largest absolute Gasteiger partial charge is 0.416 e. The molecule has 0 radical (unpaired) electrons. The summed E-state index contributed by atoms with van der Waals surface area (Å²) >= 11 is 6.09. The number of amides is 2. The van der Waals surface area contributed by atoms with Crippen LogP contribution in [0.15, 0.2) is 48.5 Å². The van der Waals surface area contributed by atoms with Crippen LogP contribution in [-0.2, 0) is 32.2 Å². The van der Waals surface area contributed by atoms with Crippen LogP contribution in [0.25, 0.3) is 0 Å². The second-order valence-electron chi connectivity index (χ2n) is 8.84. The molecule has 1 N–H and O–H groups in total.